The molecule has 5 nitrogen and oxygen atoms in total. The van der Waals surface area contributed by atoms with Crippen molar-refractivity contribution in [3.05, 3.63) is 34.9 Å². The molecule has 2 saturated heterocycles. The number of rotatable bonds is 5. The molecule has 0 saturated carbocycles. The van der Waals surface area contributed by atoms with Gasteiger partial charge in [-0.2, -0.15) is 0 Å². The Morgan fingerprint density at radius 3 is 2.56 bits per heavy atom. The lowest BCUT2D eigenvalue weighted by Crippen LogP contribution is -2.44. The zero-order valence-corrected chi connectivity index (χ0v) is 15.2. The van der Waals surface area contributed by atoms with E-state index in [0.29, 0.717) is 12.6 Å². The van der Waals surface area contributed by atoms with E-state index >= 15 is 0 Å². The van der Waals surface area contributed by atoms with Gasteiger partial charge in [-0.1, -0.05) is 24.6 Å². The van der Waals surface area contributed by atoms with E-state index < -0.39 is 6.10 Å². The molecule has 0 aromatic heterocycles. The zero-order chi connectivity index (χ0) is 18.0. The monoisotopic (exact) mass is 344 g/mol. The van der Waals surface area contributed by atoms with Crippen LogP contribution in [0.2, 0.25) is 0 Å². The van der Waals surface area contributed by atoms with Gasteiger partial charge in [-0.05, 0) is 49.9 Å². The predicted molar refractivity (Wildman–Crippen MR) is 96.0 cm³/mol. The molecule has 2 atom stereocenters. The maximum Gasteiger partial charge on any atom is 0.229 e. The molecular formula is C20H28N2O3. The molecule has 25 heavy (non-hydrogen) atoms. The summed E-state index contributed by atoms with van der Waals surface area (Å²) in [5.41, 5.74) is 3.94. The fourth-order valence-electron chi connectivity index (χ4n) is 4.06. The summed E-state index contributed by atoms with van der Waals surface area (Å²) < 4.78 is 0. The topological polar surface area (TPSA) is 60.9 Å². The maximum atomic E-state index is 11.8. The van der Waals surface area contributed by atoms with Crippen molar-refractivity contribution in [1.29, 1.82) is 0 Å². The summed E-state index contributed by atoms with van der Waals surface area (Å²) in [6.07, 6.45) is 3.25. The van der Waals surface area contributed by atoms with Crippen LogP contribution in [0.25, 0.3) is 0 Å². The fraction of sp³-hybridized carbons (Fsp3) is 0.600. The normalized spacial score (nSPS) is 23.3. The number of hydrogen-bond donors (Lipinski definition) is 1. The average molecular weight is 344 g/mol. The SMILES string of the molecule is Cc1cccc([C@H]2CCCCN2C[C@@H](O)CN2C(=O)CCC2=O)c1C. The van der Waals surface area contributed by atoms with Gasteiger partial charge in [-0.25, -0.2) is 0 Å². The van der Waals surface area contributed by atoms with Gasteiger partial charge in [0, 0.05) is 25.4 Å². The van der Waals surface area contributed by atoms with E-state index in [0.717, 1.165) is 19.4 Å². The average Bonchev–Trinajstić information content (AvgIpc) is 2.90. The molecule has 2 heterocycles. The molecule has 5 heteroatoms. The number of benzene rings is 1. The first kappa shape index (κ1) is 18.1. The molecule has 3 rings (SSSR count). The van der Waals surface area contributed by atoms with Gasteiger partial charge in [0.25, 0.3) is 0 Å². The summed E-state index contributed by atoms with van der Waals surface area (Å²) in [6, 6.07) is 6.72. The molecule has 1 aromatic carbocycles. The lowest BCUT2D eigenvalue weighted by Gasteiger charge is -2.38. The van der Waals surface area contributed by atoms with Crippen molar-refractivity contribution in [2.75, 3.05) is 19.6 Å². The number of carbonyl (C=O) groups is 2. The lowest BCUT2D eigenvalue weighted by atomic mass is 9.90. The minimum absolute atomic E-state index is 0.119. The molecule has 136 valence electrons. The second kappa shape index (κ2) is 7.67. The maximum absolute atomic E-state index is 11.8. The van der Waals surface area contributed by atoms with Crippen LogP contribution in [0.5, 0.6) is 0 Å². The number of aliphatic hydroxyl groups is 1. The summed E-state index contributed by atoms with van der Waals surface area (Å²) in [5, 5.41) is 10.5. The molecule has 1 N–H and O–H groups in total. The van der Waals surface area contributed by atoms with E-state index in [4.69, 9.17) is 0 Å². The van der Waals surface area contributed by atoms with Crippen molar-refractivity contribution in [2.45, 2.75) is 58.1 Å². The number of likely N-dealkylation sites (tertiary alicyclic amines) is 2. The van der Waals surface area contributed by atoms with Crippen LogP contribution >= 0.6 is 0 Å². The van der Waals surface area contributed by atoms with Crippen LogP contribution in [0.1, 0.15) is 54.8 Å². The van der Waals surface area contributed by atoms with Gasteiger partial charge in [-0.3, -0.25) is 19.4 Å². The number of β-amino-alcohol motifs (C(OH)–C–C–N with tert-alkyl or cyclic N) is 1. The summed E-state index contributed by atoms with van der Waals surface area (Å²) in [7, 11) is 0. The van der Waals surface area contributed by atoms with Gasteiger partial charge in [0.15, 0.2) is 0 Å². The van der Waals surface area contributed by atoms with Crippen molar-refractivity contribution in [1.82, 2.24) is 9.80 Å². The highest BCUT2D eigenvalue weighted by molar-refractivity contribution is 6.01. The molecule has 2 fully saturated rings. The Balaban J connectivity index is 1.70. The smallest absolute Gasteiger partial charge is 0.229 e. The highest BCUT2D eigenvalue weighted by Crippen LogP contribution is 2.33. The minimum Gasteiger partial charge on any atom is -0.390 e. The van der Waals surface area contributed by atoms with Crippen molar-refractivity contribution >= 4 is 11.8 Å². The summed E-state index contributed by atoms with van der Waals surface area (Å²) in [4.78, 5) is 27.1. The van der Waals surface area contributed by atoms with Gasteiger partial charge >= 0.3 is 0 Å². The van der Waals surface area contributed by atoms with Crippen molar-refractivity contribution < 1.29 is 14.7 Å². The molecule has 2 aliphatic heterocycles. The first-order valence-corrected chi connectivity index (χ1v) is 9.29. The van der Waals surface area contributed by atoms with Crippen LogP contribution < -0.4 is 0 Å². The van der Waals surface area contributed by atoms with Crippen LogP contribution in [-0.4, -0.2) is 52.5 Å². The fourth-order valence-corrected chi connectivity index (χ4v) is 4.06. The van der Waals surface area contributed by atoms with E-state index in [1.165, 1.54) is 28.0 Å². The third-order valence-electron chi connectivity index (χ3n) is 5.61. The van der Waals surface area contributed by atoms with Crippen LogP contribution in [-0.2, 0) is 9.59 Å². The van der Waals surface area contributed by atoms with E-state index in [-0.39, 0.29) is 31.2 Å². The second-order valence-electron chi connectivity index (χ2n) is 7.35. The number of piperidine rings is 1. The molecule has 2 aliphatic rings. The standard InChI is InChI=1S/C20H28N2O3/c1-14-6-5-7-17(15(14)2)18-8-3-4-11-21(18)12-16(23)13-22-19(24)9-10-20(22)25/h5-7,16,18,23H,3-4,8-13H2,1-2H3/t16-,18-/m1/s1. The molecular weight excluding hydrogens is 316 g/mol. The highest BCUT2D eigenvalue weighted by Gasteiger charge is 2.32. The first-order valence-electron chi connectivity index (χ1n) is 9.29. The number of carbonyl (C=O) groups excluding carboxylic acids is 2. The van der Waals surface area contributed by atoms with Crippen LogP contribution in [0.3, 0.4) is 0 Å². The van der Waals surface area contributed by atoms with Crippen LogP contribution in [0.15, 0.2) is 18.2 Å². The van der Waals surface area contributed by atoms with Crippen LogP contribution in [0.4, 0.5) is 0 Å². The third kappa shape index (κ3) is 3.93. The van der Waals surface area contributed by atoms with Gasteiger partial charge in [0.1, 0.15) is 0 Å². The van der Waals surface area contributed by atoms with Gasteiger partial charge in [0.05, 0.1) is 12.6 Å². The number of aliphatic hydroxyl groups excluding tert-OH is 1. The quantitative estimate of drug-likeness (QED) is 0.833. The number of imide groups is 1. The number of nitrogens with zero attached hydrogens (tertiary/aromatic N) is 2. The summed E-state index contributed by atoms with van der Waals surface area (Å²) in [6.45, 7) is 5.85. The minimum atomic E-state index is -0.697. The molecule has 1 aromatic rings. The van der Waals surface area contributed by atoms with E-state index in [1.807, 2.05) is 0 Å². The Labute approximate surface area is 149 Å². The predicted octanol–water partition coefficient (Wildman–Crippen LogP) is 2.34. The first-order chi connectivity index (χ1) is 12.0. The molecule has 0 unspecified atom stereocenters. The highest BCUT2D eigenvalue weighted by atomic mass is 16.3. The Kier molecular flexibility index (Phi) is 5.54. The number of aryl methyl sites for hydroxylation is 1. The largest absolute Gasteiger partial charge is 0.390 e. The molecule has 0 aliphatic carbocycles. The Bertz CT molecular complexity index is 642. The van der Waals surface area contributed by atoms with E-state index in [1.54, 1.807) is 0 Å². The zero-order valence-electron chi connectivity index (χ0n) is 15.2. The lowest BCUT2D eigenvalue weighted by molar-refractivity contribution is -0.140. The van der Waals surface area contributed by atoms with E-state index in [2.05, 4.69) is 36.9 Å². The molecule has 0 radical (unpaired) electrons. The van der Waals surface area contributed by atoms with Crippen molar-refractivity contribution in [3.8, 4) is 0 Å². The molecule has 0 bridgehead atoms. The van der Waals surface area contributed by atoms with Gasteiger partial charge in [0.2, 0.25) is 11.8 Å². The summed E-state index contributed by atoms with van der Waals surface area (Å²) >= 11 is 0. The van der Waals surface area contributed by atoms with Gasteiger partial charge in [-0.15, -0.1) is 0 Å². The van der Waals surface area contributed by atoms with Gasteiger partial charge < -0.3 is 5.11 Å². The van der Waals surface area contributed by atoms with E-state index in [9.17, 15) is 14.7 Å². The van der Waals surface area contributed by atoms with Crippen LogP contribution in [0, 0.1) is 13.8 Å². The Morgan fingerprint density at radius 1 is 1.12 bits per heavy atom. The van der Waals surface area contributed by atoms with Crippen molar-refractivity contribution in [2.24, 2.45) is 0 Å². The third-order valence-corrected chi connectivity index (χ3v) is 5.61. The number of amides is 2. The summed E-state index contributed by atoms with van der Waals surface area (Å²) in [5.74, 6) is -0.317. The molecule has 2 amide bonds. The second-order valence-corrected chi connectivity index (χ2v) is 7.35. The Morgan fingerprint density at radius 2 is 1.84 bits per heavy atom. The molecule has 0 spiro atoms. The number of hydrogen-bond acceptors (Lipinski definition) is 4. The Hall–Kier alpha value is -1.72. The van der Waals surface area contributed by atoms with Crippen molar-refractivity contribution in [3.63, 3.8) is 0 Å².